The van der Waals surface area contributed by atoms with E-state index in [1.807, 2.05) is 52.8 Å². The van der Waals surface area contributed by atoms with Gasteiger partial charge in [0.25, 0.3) is 5.91 Å². The van der Waals surface area contributed by atoms with Gasteiger partial charge in [0.05, 0.1) is 6.10 Å². The lowest BCUT2D eigenvalue weighted by Crippen LogP contribution is -2.38. The monoisotopic (exact) mass is 307 g/mol. The van der Waals surface area contributed by atoms with Crippen molar-refractivity contribution in [2.24, 2.45) is 0 Å². The lowest BCUT2D eigenvalue weighted by molar-refractivity contribution is -0.128. The molecule has 22 heavy (non-hydrogen) atoms. The second-order valence-electron chi connectivity index (χ2n) is 5.78. The zero-order chi connectivity index (χ0) is 16.5. The Morgan fingerprint density at radius 1 is 1.27 bits per heavy atom. The van der Waals surface area contributed by atoms with Crippen molar-refractivity contribution in [3.63, 3.8) is 0 Å². The number of aryl methyl sites for hydroxylation is 1. The Balaban J connectivity index is 2.46. The Labute approximate surface area is 134 Å². The molecule has 0 unspecified atom stereocenters. The largest absolute Gasteiger partial charge is 0.480 e. The van der Waals surface area contributed by atoms with Crippen LogP contribution in [-0.2, 0) is 9.53 Å². The molecule has 0 heterocycles. The third-order valence-corrected chi connectivity index (χ3v) is 3.56. The molecular weight excluding hydrogens is 278 g/mol. The van der Waals surface area contributed by atoms with Crippen molar-refractivity contribution in [2.75, 3.05) is 13.2 Å². The van der Waals surface area contributed by atoms with Gasteiger partial charge in [-0.05, 0) is 57.7 Å². The molecule has 0 aliphatic carbocycles. The van der Waals surface area contributed by atoms with Crippen LogP contribution in [0.5, 0.6) is 5.75 Å². The molecule has 1 N–H and O–H groups in total. The highest BCUT2D eigenvalue weighted by atomic mass is 16.5. The summed E-state index contributed by atoms with van der Waals surface area (Å²) in [5, 5.41) is 2.92. The topological polar surface area (TPSA) is 47.6 Å². The fourth-order valence-electron chi connectivity index (χ4n) is 2.04. The molecule has 1 aromatic rings. The molecule has 4 heteroatoms. The molecule has 1 atom stereocenters. The van der Waals surface area contributed by atoms with Gasteiger partial charge in [-0.15, -0.1) is 0 Å². The minimum Gasteiger partial charge on any atom is -0.480 e. The van der Waals surface area contributed by atoms with Gasteiger partial charge in [-0.25, -0.2) is 0 Å². The van der Waals surface area contributed by atoms with E-state index in [0.29, 0.717) is 19.6 Å². The van der Waals surface area contributed by atoms with Gasteiger partial charge in [-0.3, -0.25) is 4.79 Å². The summed E-state index contributed by atoms with van der Waals surface area (Å²) in [6, 6.07) is 5.90. The molecule has 0 saturated heterocycles. The summed E-state index contributed by atoms with van der Waals surface area (Å²) < 4.78 is 11.3. The number of benzene rings is 1. The van der Waals surface area contributed by atoms with Gasteiger partial charge in [0, 0.05) is 13.2 Å². The molecule has 0 aromatic heterocycles. The van der Waals surface area contributed by atoms with Crippen molar-refractivity contribution in [1.82, 2.24) is 5.32 Å². The molecule has 4 nitrogen and oxygen atoms in total. The van der Waals surface area contributed by atoms with E-state index >= 15 is 0 Å². The van der Waals surface area contributed by atoms with Gasteiger partial charge in [-0.1, -0.05) is 19.1 Å². The molecule has 1 rings (SSSR count). The van der Waals surface area contributed by atoms with Crippen LogP contribution in [0.3, 0.4) is 0 Å². The molecule has 0 fully saturated rings. The van der Waals surface area contributed by atoms with Crippen LogP contribution in [0.25, 0.3) is 0 Å². The third-order valence-electron chi connectivity index (χ3n) is 3.56. The number of rotatable bonds is 9. The normalized spacial score (nSPS) is 12.3. The van der Waals surface area contributed by atoms with Crippen LogP contribution in [0, 0.1) is 13.8 Å². The zero-order valence-electron chi connectivity index (χ0n) is 14.4. The summed E-state index contributed by atoms with van der Waals surface area (Å²) in [6.45, 7) is 11.3. The van der Waals surface area contributed by atoms with Crippen molar-refractivity contribution < 1.29 is 14.3 Å². The smallest absolute Gasteiger partial charge is 0.261 e. The lowest BCUT2D eigenvalue weighted by Gasteiger charge is -2.19. The van der Waals surface area contributed by atoms with Gasteiger partial charge in [0.2, 0.25) is 0 Å². The number of carbonyl (C=O) groups excluding carboxylic acids is 1. The molecule has 0 bridgehead atoms. The first-order valence-corrected chi connectivity index (χ1v) is 8.07. The van der Waals surface area contributed by atoms with E-state index in [1.165, 1.54) is 5.56 Å². The number of hydrogen-bond donors (Lipinski definition) is 1. The summed E-state index contributed by atoms with van der Waals surface area (Å²) in [5.74, 6) is 0.720. The summed E-state index contributed by atoms with van der Waals surface area (Å²) in [5.41, 5.74) is 2.25. The first kappa shape index (κ1) is 18.5. The van der Waals surface area contributed by atoms with E-state index < -0.39 is 6.10 Å². The van der Waals surface area contributed by atoms with E-state index in [0.717, 1.165) is 17.7 Å². The maximum Gasteiger partial charge on any atom is 0.261 e. The van der Waals surface area contributed by atoms with Crippen LogP contribution < -0.4 is 10.1 Å². The van der Waals surface area contributed by atoms with Crippen molar-refractivity contribution in [2.45, 2.75) is 59.7 Å². The third kappa shape index (κ3) is 6.06. The number of carbonyl (C=O) groups is 1. The summed E-state index contributed by atoms with van der Waals surface area (Å²) in [6.07, 6.45) is 1.23. The highest BCUT2D eigenvalue weighted by molar-refractivity contribution is 5.81. The average Bonchev–Trinajstić information content (AvgIpc) is 2.48. The Morgan fingerprint density at radius 2 is 2.00 bits per heavy atom. The number of amides is 1. The molecule has 0 radical (unpaired) electrons. The fraction of sp³-hybridized carbons (Fsp3) is 0.611. The Bertz CT molecular complexity index is 471. The van der Waals surface area contributed by atoms with E-state index in [-0.39, 0.29) is 12.0 Å². The van der Waals surface area contributed by atoms with Gasteiger partial charge < -0.3 is 14.8 Å². The van der Waals surface area contributed by atoms with Crippen LogP contribution in [-0.4, -0.2) is 31.3 Å². The maximum absolute atomic E-state index is 12.2. The summed E-state index contributed by atoms with van der Waals surface area (Å²) in [4.78, 5) is 12.2. The minimum atomic E-state index is -0.452. The van der Waals surface area contributed by atoms with Crippen molar-refractivity contribution in [3.05, 3.63) is 29.3 Å². The molecule has 0 aliphatic heterocycles. The van der Waals surface area contributed by atoms with Crippen LogP contribution in [0.2, 0.25) is 0 Å². The standard InChI is InChI=1S/C18H29NO3/c1-6-16(18(20)19-11-8-12-21-13(2)3)22-17-10-7-9-14(4)15(17)5/h7,9-10,13,16H,6,8,11-12H2,1-5H3,(H,19,20)/t16-/m0/s1. The van der Waals surface area contributed by atoms with Crippen molar-refractivity contribution >= 4 is 5.91 Å². The van der Waals surface area contributed by atoms with E-state index in [9.17, 15) is 4.79 Å². The fourth-order valence-corrected chi connectivity index (χ4v) is 2.04. The zero-order valence-corrected chi connectivity index (χ0v) is 14.4. The van der Waals surface area contributed by atoms with Gasteiger partial charge in [0.1, 0.15) is 5.75 Å². The van der Waals surface area contributed by atoms with Crippen molar-refractivity contribution in [1.29, 1.82) is 0 Å². The maximum atomic E-state index is 12.2. The van der Waals surface area contributed by atoms with Crippen LogP contribution in [0.1, 0.15) is 44.7 Å². The first-order chi connectivity index (χ1) is 10.5. The van der Waals surface area contributed by atoms with Gasteiger partial charge >= 0.3 is 0 Å². The second kappa shape index (κ2) is 9.46. The predicted octanol–water partition coefficient (Wildman–Crippen LogP) is 3.39. The van der Waals surface area contributed by atoms with Crippen LogP contribution >= 0.6 is 0 Å². The molecule has 0 spiro atoms. The second-order valence-corrected chi connectivity index (χ2v) is 5.78. The van der Waals surface area contributed by atoms with E-state index in [2.05, 4.69) is 5.32 Å². The number of nitrogens with one attached hydrogen (secondary N) is 1. The molecular formula is C18H29NO3. The highest BCUT2D eigenvalue weighted by Gasteiger charge is 2.18. The minimum absolute atomic E-state index is 0.0621. The molecule has 124 valence electrons. The Hall–Kier alpha value is -1.55. The highest BCUT2D eigenvalue weighted by Crippen LogP contribution is 2.22. The number of hydrogen-bond acceptors (Lipinski definition) is 3. The van der Waals surface area contributed by atoms with E-state index in [4.69, 9.17) is 9.47 Å². The molecule has 0 saturated carbocycles. The number of ether oxygens (including phenoxy) is 2. The predicted molar refractivity (Wildman–Crippen MR) is 89.3 cm³/mol. The lowest BCUT2D eigenvalue weighted by atomic mass is 10.1. The first-order valence-electron chi connectivity index (χ1n) is 8.07. The summed E-state index contributed by atoms with van der Waals surface area (Å²) >= 11 is 0. The average molecular weight is 307 g/mol. The summed E-state index contributed by atoms with van der Waals surface area (Å²) in [7, 11) is 0. The SMILES string of the molecule is CC[C@H](Oc1cccc(C)c1C)C(=O)NCCCOC(C)C. The molecule has 1 amide bonds. The van der Waals surface area contributed by atoms with Gasteiger partial charge in [-0.2, -0.15) is 0 Å². The van der Waals surface area contributed by atoms with Gasteiger partial charge in [0.15, 0.2) is 6.10 Å². The Morgan fingerprint density at radius 3 is 2.64 bits per heavy atom. The Kier molecular flexibility index (Phi) is 7.96. The van der Waals surface area contributed by atoms with Crippen LogP contribution in [0.15, 0.2) is 18.2 Å². The quantitative estimate of drug-likeness (QED) is 0.711. The van der Waals surface area contributed by atoms with Crippen LogP contribution in [0.4, 0.5) is 0 Å². The van der Waals surface area contributed by atoms with Crippen molar-refractivity contribution in [3.8, 4) is 5.75 Å². The molecule has 0 aliphatic rings. The molecule has 1 aromatic carbocycles. The van der Waals surface area contributed by atoms with E-state index in [1.54, 1.807) is 0 Å².